The van der Waals surface area contributed by atoms with Gasteiger partial charge >= 0.3 is 0 Å². The molecular formula is C18H34N2O. The van der Waals surface area contributed by atoms with Crippen molar-refractivity contribution in [2.24, 2.45) is 4.99 Å². The molecule has 1 aliphatic rings. The number of allylic oxidation sites excluding steroid dienone is 2. The van der Waals surface area contributed by atoms with Gasteiger partial charge in [-0.15, -0.1) is 0 Å². The first-order chi connectivity index (χ1) is 10.4. The predicted molar refractivity (Wildman–Crippen MR) is 91.9 cm³/mol. The van der Waals surface area contributed by atoms with Crippen LogP contribution in [0.3, 0.4) is 0 Å². The summed E-state index contributed by atoms with van der Waals surface area (Å²) in [5.74, 6) is 0. The van der Waals surface area contributed by atoms with Gasteiger partial charge in [0.15, 0.2) is 0 Å². The van der Waals surface area contributed by atoms with Crippen molar-refractivity contribution < 1.29 is 5.11 Å². The fourth-order valence-corrected chi connectivity index (χ4v) is 2.81. The number of aliphatic hydroxyl groups is 1. The highest BCUT2D eigenvalue weighted by Gasteiger charge is 2.19. The van der Waals surface area contributed by atoms with Crippen molar-refractivity contribution in [3.63, 3.8) is 0 Å². The molecule has 0 amide bonds. The van der Waals surface area contributed by atoms with Gasteiger partial charge in [0.25, 0.3) is 0 Å². The van der Waals surface area contributed by atoms with Crippen LogP contribution in [-0.4, -0.2) is 42.1 Å². The topological polar surface area (TPSA) is 35.8 Å². The Balaban J connectivity index is 1.91. The number of aliphatic hydroxyl groups excluding tert-OH is 1. The molecule has 0 saturated heterocycles. The molecule has 0 radical (unpaired) electrons. The van der Waals surface area contributed by atoms with E-state index in [1.807, 2.05) is 6.21 Å². The summed E-state index contributed by atoms with van der Waals surface area (Å²) in [7, 11) is 0. The third-order valence-corrected chi connectivity index (χ3v) is 4.13. The maximum absolute atomic E-state index is 9.00. The lowest BCUT2D eigenvalue weighted by molar-refractivity contribution is 0.176. The fraction of sp³-hybridized carbons (Fsp3) is 0.833. The molecule has 1 rings (SSSR count). The summed E-state index contributed by atoms with van der Waals surface area (Å²) >= 11 is 0. The minimum Gasteiger partial charge on any atom is -0.395 e. The summed E-state index contributed by atoms with van der Waals surface area (Å²) in [6, 6.07) is 0. The first kappa shape index (κ1) is 18.4. The molecule has 21 heavy (non-hydrogen) atoms. The van der Waals surface area contributed by atoms with Gasteiger partial charge in [-0.1, -0.05) is 44.8 Å². The van der Waals surface area contributed by atoms with Crippen molar-refractivity contribution >= 4 is 6.21 Å². The summed E-state index contributed by atoms with van der Waals surface area (Å²) in [6.45, 7) is 4.16. The van der Waals surface area contributed by atoms with E-state index in [0.717, 1.165) is 19.5 Å². The lowest BCUT2D eigenvalue weighted by Gasteiger charge is -2.21. The average molecular weight is 294 g/mol. The molecule has 1 heterocycles. The van der Waals surface area contributed by atoms with Crippen LogP contribution in [0.1, 0.15) is 71.1 Å². The van der Waals surface area contributed by atoms with E-state index in [4.69, 9.17) is 5.11 Å². The van der Waals surface area contributed by atoms with Gasteiger partial charge in [0, 0.05) is 19.3 Å². The van der Waals surface area contributed by atoms with E-state index in [1.165, 1.54) is 57.8 Å². The Morgan fingerprint density at radius 3 is 2.52 bits per heavy atom. The zero-order chi connectivity index (χ0) is 15.2. The number of nitrogens with zero attached hydrogens (tertiary/aromatic N) is 2. The lowest BCUT2D eigenvalue weighted by Crippen LogP contribution is -2.32. The summed E-state index contributed by atoms with van der Waals surface area (Å²) < 4.78 is 0. The molecule has 122 valence electrons. The van der Waals surface area contributed by atoms with E-state index in [2.05, 4.69) is 29.0 Å². The van der Waals surface area contributed by atoms with Crippen LogP contribution in [0.25, 0.3) is 0 Å². The fourth-order valence-electron chi connectivity index (χ4n) is 2.81. The lowest BCUT2D eigenvalue weighted by atomic mass is 10.1. The number of β-amino-alcohol motifs (C(OH)–C–C–N with tert-alkyl or cyclic N) is 1. The van der Waals surface area contributed by atoms with E-state index in [9.17, 15) is 0 Å². The number of rotatable bonds is 13. The van der Waals surface area contributed by atoms with Gasteiger partial charge in [-0.05, 0) is 38.5 Å². The molecule has 1 atom stereocenters. The number of hydrogen-bond acceptors (Lipinski definition) is 3. The van der Waals surface area contributed by atoms with Crippen LogP contribution in [0, 0.1) is 0 Å². The second-order valence-electron chi connectivity index (χ2n) is 5.99. The molecule has 1 aliphatic heterocycles. The minimum absolute atomic E-state index is 0.237. The quantitative estimate of drug-likeness (QED) is 0.409. The van der Waals surface area contributed by atoms with Gasteiger partial charge in [-0.25, -0.2) is 0 Å². The van der Waals surface area contributed by atoms with Crippen LogP contribution in [0.4, 0.5) is 0 Å². The zero-order valence-corrected chi connectivity index (χ0v) is 13.8. The summed E-state index contributed by atoms with van der Waals surface area (Å²) in [5.41, 5.74) is 0. The molecule has 0 aromatic carbocycles. The highest BCUT2D eigenvalue weighted by molar-refractivity contribution is 5.62. The normalized spacial score (nSPS) is 19.0. The maximum Gasteiger partial charge on any atom is 0.102 e. The molecule has 1 unspecified atom stereocenters. The Bertz CT molecular complexity index is 289. The van der Waals surface area contributed by atoms with Gasteiger partial charge < -0.3 is 5.11 Å². The van der Waals surface area contributed by atoms with Crippen molar-refractivity contribution in [3.05, 3.63) is 12.2 Å². The Labute approximate surface area is 131 Å². The van der Waals surface area contributed by atoms with Gasteiger partial charge in [-0.2, -0.15) is 0 Å². The molecule has 0 aliphatic carbocycles. The van der Waals surface area contributed by atoms with E-state index >= 15 is 0 Å². The van der Waals surface area contributed by atoms with Gasteiger partial charge in [0.05, 0.1) is 6.61 Å². The van der Waals surface area contributed by atoms with Crippen LogP contribution in [0.15, 0.2) is 17.1 Å². The van der Waals surface area contributed by atoms with Crippen molar-refractivity contribution in [1.82, 2.24) is 4.90 Å². The Morgan fingerprint density at radius 2 is 1.81 bits per heavy atom. The molecule has 1 N–H and O–H groups in total. The summed E-state index contributed by atoms with van der Waals surface area (Å²) in [6.07, 6.45) is 19.9. The highest BCUT2D eigenvalue weighted by atomic mass is 16.3. The second kappa shape index (κ2) is 13.0. The molecule has 0 fully saturated rings. The van der Waals surface area contributed by atoms with Crippen molar-refractivity contribution in [1.29, 1.82) is 0 Å². The second-order valence-corrected chi connectivity index (χ2v) is 5.99. The van der Waals surface area contributed by atoms with E-state index in [0.29, 0.717) is 6.17 Å². The smallest absolute Gasteiger partial charge is 0.102 e. The van der Waals surface area contributed by atoms with Gasteiger partial charge in [0.1, 0.15) is 6.17 Å². The summed E-state index contributed by atoms with van der Waals surface area (Å²) in [5, 5.41) is 9.00. The highest BCUT2D eigenvalue weighted by Crippen LogP contribution is 2.14. The molecular weight excluding hydrogens is 260 g/mol. The predicted octanol–water partition coefficient (Wildman–Crippen LogP) is 4.17. The third-order valence-electron chi connectivity index (χ3n) is 4.13. The molecule has 3 heteroatoms. The monoisotopic (exact) mass is 294 g/mol. The molecule has 0 bridgehead atoms. The van der Waals surface area contributed by atoms with Crippen molar-refractivity contribution in [2.45, 2.75) is 77.3 Å². The maximum atomic E-state index is 9.00. The van der Waals surface area contributed by atoms with Crippen LogP contribution in [0.2, 0.25) is 0 Å². The van der Waals surface area contributed by atoms with E-state index in [1.54, 1.807) is 0 Å². The number of unbranched alkanes of at least 4 members (excludes halogenated alkanes) is 7. The average Bonchev–Trinajstić information content (AvgIpc) is 2.92. The van der Waals surface area contributed by atoms with Crippen molar-refractivity contribution in [3.8, 4) is 0 Å². The Hall–Kier alpha value is -0.670. The SMILES string of the molecule is CCCCCCC/C=C/CCCCC1N=CCN1CCO. The Kier molecular flexibility index (Phi) is 11.4. The molecule has 0 aromatic rings. The van der Waals surface area contributed by atoms with Crippen LogP contribution in [-0.2, 0) is 0 Å². The number of aliphatic imine (C=N–C) groups is 1. The molecule has 3 nitrogen and oxygen atoms in total. The zero-order valence-electron chi connectivity index (χ0n) is 13.8. The van der Waals surface area contributed by atoms with Gasteiger partial charge in [0.2, 0.25) is 0 Å². The number of hydrogen-bond donors (Lipinski definition) is 1. The van der Waals surface area contributed by atoms with E-state index < -0.39 is 0 Å². The molecule has 0 aromatic heterocycles. The standard InChI is InChI=1S/C18H34N2O/c1-2-3-4-5-6-7-8-9-10-11-12-13-18-19-14-15-20(18)16-17-21/h8-9,14,18,21H,2-7,10-13,15-17H2,1H3/b9-8+. The molecule has 0 spiro atoms. The van der Waals surface area contributed by atoms with Gasteiger partial charge in [-0.3, -0.25) is 9.89 Å². The summed E-state index contributed by atoms with van der Waals surface area (Å²) in [4.78, 5) is 6.75. The first-order valence-corrected chi connectivity index (χ1v) is 8.90. The first-order valence-electron chi connectivity index (χ1n) is 8.90. The van der Waals surface area contributed by atoms with Crippen LogP contribution >= 0.6 is 0 Å². The van der Waals surface area contributed by atoms with Crippen LogP contribution in [0.5, 0.6) is 0 Å². The van der Waals surface area contributed by atoms with Crippen LogP contribution < -0.4 is 0 Å². The minimum atomic E-state index is 0.237. The van der Waals surface area contributed by atoms with Crippen molar-refractivity contribution in [2.75, 3.05) is 19.7 Å². The third kappa shape index (κ3) is 9.05. The largest absolute Gasteiger partial charge is 0.395 e. The molecule has 0 saturated carbocycles. The van der Waals surface area contributed by atoms with E-state index in [-0.39, 0.29) is 6.61 Å². The Morgan fingerprint density at radius 1 is 1.10 bits per heavy atom.